The molecule has 0 aliphatic carbocycles. The standard InChI is InChI=1S/C27H29BrN4O2/c28-24-12-5-4-11-23(24)27(34)32-18-16-31(17-19-32)25-14-13-22(20-30-25)26(33)29-15-7-6-10-21-8-2-1-3-9-21/h1-5,8-9,11-14,20H,6-7,10,15-19H2,(H,29,33). The Kier molecular flexibility index (Phi) is 8.31. The Morgan fingerprint density at radius 2 is 1.62 bits per heavy atom. The molecule has 0 bridgehead atoms. The number of hydrogen-bond donors (Lipinski definition) is 1. The van der Waals surface area contributed by atoms with Gasteiger partial charge in [0.1, 0.15) is 5.82 Å². The molecule has 2 aromatic carbocycles. The number of piperazine rings is 1. The van der Waals surface area contributed by atoms with Crippen molar-refractivity contribution in [2.45, 2.75) is 19.3 Å². The number of nitrogens with zero attached hydrogens (tertiary/aromatic N) is 3. The fourth-order valence-electron chi connectivity index (χ4n) is 4.05. The first-order chi connectivity index (χ1) is 16.6. The number of rotatable bonds is 8. The molecule has 0 spiro atoms. The largest absolute Gasteiger partial charge is 0.353 e. The van der Waals surface area contributed by atoms with Crippen LogP contribution in [0.3, 0.4) is 0 Å². The number of benzene rings is 2. The van der Waals surface area contributed by atoms with E-state index in [9.17, 15) is 9.59 Å². The summed E-state index contributed by atoms with van der Waals surface area (Å²) in [5.41, 5.74) is 2.57. The van der Waals surface area contributed by atoms with E-state index < -0.39 is 0 Å². The summed E-state index contributed by atoms with van der Waals surface area (Å²) in [7, 11) is 0. The maximum absolute atomic E-state index is 12.8. The third-order valence-corrected chi connectivity index (χ3v) is 6.72. The van der Waals surface area contributed by atoms with Gasteiger partial charge >= 0.3 is 0 Å². The van der Waals surface area contributed by atoms with E-state index in [0.29, 0.717) is 43.9 Å². The monoisotopic (exact) mass is 520 g/mol. The highest BCUT2D eigenvalue weighted by molar-refractivity contribution is 9.10. The molecule has 6 nitrogen and oxygen atoms in total. The van der Waals surface area contributed by atoms with Gasteiger partial charge in [-0.1, -0.05) is 42.5 Å². The third kappa shape index (κ3) is 6.23. The minimum Gasteiger partial charge on any atom is -0.353 e. The summed E-state index contributed by atoms with van der Waals surface area (Å²) in [6.45, 7) is 3.33. The first kappa shape index (κ1) is 24.0. The highest BCUT2D eigenvalue weighted by Gasteiger charge is 2.24. The SMILES string of the molecule is O=C(NCCCCc1ccccc1)c1ccc(N2CCN(C(=O)c3ccccc3Br)CC2)nc1. The number of nitrogens with one attached hydrogen (secondary N) is 1. The van der Waals surface area contributed by atoms with Crippen LogP contribution >= 0.6 is 15.9 Å². The number of aromatic nitrogens is 1. The summed E-state index contributed by atoms with van der Waals surface area (Å²) >= 11 is 3.46. The molecule has 0 atom stereocenters. The number of amides is 2. The molecular formula is C27H29BrN4O2. The van der Waals surface area contributed by atoms with Gasteiger partial charge in [-0.15, -0.1) is 0 Å². The lowest BCUT2D eigenvalue weighted by Gasteiger charge is -2.35. The quantitative estimate of drug-likeness (QED) is 0.442. The first-order valence-corrected chi connectivity index (χ1v) is 12.5. The highest BCUT2D eigenvalue weighted by Crippen LogP contribution is 2.20. The van der Waals surface area contributed by atoms with Crippen molar-refractivity contribution < 1.29 is 9.59 Å². The lowest BCUT2D eigenvalue weighted by Crippen LogP contribution is -2.49. The van der Waals surface area contributed by atoms with Crippen molar-refractivity contribution in [2.24, 2.45) is 0 Å². The van der Waals surface area contributed by atoms with E-state index in [2.05, 4.69) is 55.4 Å². The van der Waals surface area contributed by atoms with Gasteiger partial charge in [0, 0.05) is 43.4 Å². The molecular weight excluding hydrogens is 492 g/mol. The van der Waals surface area contributed by atoms with Gasteiger partial charge in [0.2, 0.25) is 0 Å². The molecule has 0 saturated carbocycles. The van der Waals surface area contributed by atoms with Crippen LogP contribution < -0.4 is 10.2 Å². The van der Waals surface area contributed by atoms with E-state index in [4.69, 9.17) is 0 Å². The van der Waals surface area contributed by atoms with Gasteiger partial charge in [0.25, 0.3) is 11.8 Å². The molecule has 0 unspecified atom stereocenters. The summed E-state index contributed by atoms with van der Waals surface area (Å²) in [6, 6.07) is 21.6. The van der Waals surface area contributed by atoms with Crippen molar-refractivity contribution in [1.82, 2.24) is 15.2 Å². The Morgan fingerprint density at radius 1 is 0.882 bits per heavy atom. The van der Waals surface area contributed by atoms with Crippen molar-refractivity contribution in [2.75, 3.05) is 37.6 Å². The maximum Gasteiger partial charge on any atom is 0.255 e. The molecule has 3 aromatic rings. The van der Waals surface area contributed by atoms with E-state index in [-0.39, 0.29) is 11.8 Å². The Hall–Kier alpha value is -3.19. The van der Waals surface area contributed by atoms with E-state index in [1.165, 1.54) is 5.56 Å². The van der Waals surface area contributed by atoms with E-state index >= 15 is 0 Å². The fraction of sp³-hybridized carbons (Fsp3) is 0.296. The topological polar surface area (TPSA) is 65.5 Å². The smallest absolute Gasteiger partial charge is 0.255 e. The number of unbranched alkanes of at least 4 members (excludes halogenated alkanes) is 1. The molecule has 1 aliphatic rings. The van der Waals surface area contributed by atoms with Crippen LogP contribution in [0.25, 0.3) is 0 Å². The lowest BCUT2D eigenvalue weighted by molar-refractivity contribution is 0.0745. The number of anilines is 1. The Labute approximate surface area is 209 Å². The van der Waals surface area contributed by atoms with Gasteiger partial charge in [0.05, 0.1) is 11.1 Å². The van der Waals surface area contributed by atoms with Gasteiger partial charge in [-0.2, -0.15) is 0 Å². The van der Waals surface area contributed by atoms with Gasteiger partial charge in [-0.3, -0.25) is 9.59 Å². The molecule has 2 amide bonds. The number of hydrogen-bond acceptors (Lipinski definition) is 4. The van der Waals surface area contributed by atoms with Crippen LogP contribution in [-0.4, -0.2) is 54.4 Å². The molecule has 1 saturated heterocycles. The molecule has 34 heavy (non-hydrogen) atoms. The number of carbonyl (C=O) groups is 2. The van der Waals surface area contributed by atoms with Crippen LogP contribution in [0.1, 0.15) is 39.1 Å². The number of pyridine rings is 1. The van der Waals surface area contributed by atoms with Crippen LogP contribution in [0, 0.1) is 0 Å². The van der Waals surface area contributed by atoms with Gasteiger partial charge < -0.3 is 15.1 Å². The zero-order valence-corrected chi connectivity index (χ0v) is 20.7. The average molecular weight is 521 g/mol. The second-order valence-electron chi connectivity index (χ2n) is 8.36. The van der Waals surface area contributed by atoms with Crippen molar-refractivity contribution >= 4 is 33.6 Å². The predicted octanol–water partition coefficient (Wildman–Crippen LogP) is 4.56. The summed E-state index contributed by atoms with van der Waals surface area (Å²) in [4.78, 5) is 33.8. The van der Waals surface area contributed by atoms with Crippen molar-refractivity contribution in [1.29, 1.82) is 0 Å². The minimum atomic E-state index is -0.0948. The summed E-state index contributed by atoms with van der Waals surface area (Å²) < 4.78 is 0.814. The zero-order chi connectivity index (χ0) is 23.8. The zero-order valence-electron chi connectivity index (χ0n) is 19.1. The molecule has 2 heterocycles. The summed E-state index contributed by atoms with van der Waals surface area (Å²) in [5.74, 6) is 0.769. The molecule has 1 N–H and O–H groups in total. The maximum atomic E-state index is 12.8. The Balaban J connectivity index is 1.21. The third-order valence-electron chi connectivity index (χ3n) is 6.03. The molecule has 176 valence electrons. The van der Waals surface area contributed by atoms with Crippen molar-refractivity contribution in [3.8, 4) is 0 Å². The highest BCUT2D eigenvalue weighted by atomic mass is 79.9. The van der Waals surface area contributed by atoms with E-state index in [1.807, 2.05) is 47.4 Å². The van der Waals surface area contributed by atoms with Gasteiger partial charge in [-0.05, 0) is 65.0 Å². The Bertz CT molecular complexity index is 1100. The van der Waals surface area contributed by atoms with Crippen molar-refractivity contribution in [3.63, 3.8) is 0 Å². The second kappa shape index (κ2) is 11.8. The lowest BCUT2D eigenvalue weighted by atomic mass is 10.1. The molecule has 0 radical (unpaired) electrons. The number of halogens is 1. The number of aryl methyl sites for hydroxylation is 1. The molecule has 4 rings (SSSR count). The number of carbonyl (C=O) groups excluding carboxylic acids is 2. The van der Waals surface area contributed by atoms with Gasteiger partial charge in [0.15, 0.2) is 0 Å². The Morgan fingerprint density at radius 3 is 2.32 bits per heavy atom. The predicted molar refractivity (Wildman–Crippen MR) is 138 cm³/mol. The summed E-state index contributed by atoms with van der Waals surface area (Å²) in [6.07, 6.45) is 4.63. The van der Waals surface area contributed by atoms with Crippen molar-refractivity contribution in [3.05, 3.63) is 94.1 Å². The van der Waals surface area contributed by atoms with E-state index in [0.717, 1.165) is 29.6 Å². The van der Waals surface area contributed by atoms with Crippen LogP contribution in [0.5, 0.6) is 0 Å². The van der Waals surface area contributed by atoms with E-state index in [1.54, 1.807) is 6.20 Å². The fourth-order valence-corrected chi connectivity index (χ4v) is 4.51. The molecule has 1 fully saturated rings. The minimum absolute atomic E-state index is 0.0378. The van der Waals surface area contributed by atoms with Crippen LogP contribution in [0.4, 0.5) is 5.82 Å². The first-order valence-electron chi connectivity index (χ1n) is 11.7. The molecule has 1 aliphatic heterocycles. The summed E-state index contributed by atoms with van der Waals surface area (Å²) in [5, 5.41) is 2.98. The molecule has 7 heteroatoms. The normalized spacial score (nSPS) is 13.6. The molecule has 1 aromatic heterocycles. The second-order valence-corrected chi connectivity index (χ2v) is 9.22. The van der Waals surface area contributed by atoms with Crippen LogP contribution in [-0.2, 0) is 6.42 Å². The average Bonchev–Trinajstić information content (AvgIpc) is 2.89. The van der Waals surface area contributed by atoms with Gasteiger partial charge in [-0.25, -0.2) is 4.98 Å². The van der Waals surface area contributed by atoms with Crippen LogP contribution in [0.2, 0.25) is 0 Å². The van der Waals surface area contributed by atoms with Crippen LogP contribution in [0.15, 0.2) is 77.4 Å².